The molecule has 1 rings (SSSR count). The van der Waals surface area contributed by atoms with Gasteiger partial charge in [0.1, 0.15) is 0 Å². The zero-order valence-electron chi connectivity index (χ0n) is 10.4. The number of carbonyl (C=O) groups excluding carboxylic acids is 2. The summed E-state index contributed by atoms with van der Waals surface area (Å²) in [6.07, 6.45) is 4.18. The monoisotopic (exact) mass is 242 g/mol. The molecule has 0 aliphatic carbocycles. The van der Waals surface area contributed by atoms with E-state index in [-0.39, 0.29) is 17.9 Å². The van der Waals surface area contributed by atoms with E-state index in [2.05, 4.69) is 15.6 Å². The van der Waals surface area contributed by atoms with Crippen molar-refractivity contribution in [3.8, 4) is 0 Å². The number of carbonyl (C=O) groups is 2. The Hall–Kier alpha value is -1.14. The van der Waals surface area contributed by atoms with Crippen molar-refractivity contribution in [2.45, 2.75) is 38.1 Å². The van der Waals surface area contributed by atoms with Crippen molar-refractivity contribution in [2.24, 2.45) is 5.84 Å². The van der Waals surface area contributed by atoms with Gasteiger partial charge in [-0.2, -0.15) is 0 Å². The number of hydrogen-bond acceptors (Lipinski definition) is 4. The molecule has 1 heterocycles. The average molecular weight is 242 g/mol. The summed E-state index contributed by atoms with van der Waals surface area (Å²) in [5.41, 5.74) is 2.11. The van der Waals surface area contributed by atoms with Gasteiger partial charge in [0.25, 0.3) is 0 Å². The number of nitrogens with two attached hydrogens (primary N) is 1. The molecule has 6 nitrogen and oxygen atoms in total. The van der Waals surface area contributed by atoms with Gasteiger partial charge in [0, 0.05) is 13.5 Å². The highest BCUT2D eigenvalue weighted by Gasteiger charge is 2.29. The van der Waals surface area contributed by atoms with Gasteiger partial charge < -0.3 is 5.32 Å². The van der Waals surface area contributed by atoms with Crippen LogP contribution in [0.2, 0.25) is 0 Å². The van der Waals surface area contributed by atoms with Crippen LogP contribution in [0.5, 0.6) is 0 Å². The fourth-order valence-electron chi connectivity index (χ4n) is 2.23. The highest BCUT2D eigenvalue weighted by molar-refractivity contribution is 5.81. The summed E-state index contributed by atoms with van der Waals surface area (Å²) in [5, 5.41) is 2.69. The lowest BCUT2D eigenvalue weighted by atomic mass is 10.2. The first-order valence-electron chi connectivity index (χ1n) is 6.14. The molecule has 17 heavy (non-hydrogen) atoms. The molecule has 0 aromatic heterocycles. The van der Waals surface area contributed by atoms with E-state index in [1.54, 1.807) is 7.05 Å². The van der Waals surface area contributed by atoms with Crippen molar-refractivity contribution in [3.05, 3.63) is 0 Å². The summed E-state index contributed by atoms with van der Waals surface area (Å²) in [5.74, 6) is 4.96. The van der Waals surface area contributed by atoms with Crippen LogP contribution in [0, 0.1) is 0 Å². The van der Waals surface area contributed by atoms with Gasteiger partial charge in [0.05, 0.1) is 6.04 Å². The van der Waals surface area contributed by atoms with Crippen molar-refractivity contribution in [3.63, 3.8) is 0 Å². The topological polar surface area (TPSA) is 87.5 Å². The van der Waals surface area contributed by atoms with E-state index < -0.39 is 0 Å². The highest BCUT2D eigenvalue weighted by Crippen LogP contribution is 2.17. The minimum atomic E-state index is -0.130. The van der Waals surface area contributed by atoms with E-state index in [1.165, 1.54) is 0 Å². The Labute approximate surface area is 102 Å². The van der Waals surface area contributed by atoms with Crippen LogP contribution in [0.25, 0.3) is 0 Å². The SMILES string of the molecule is CNC(=O)C1CCCN1CCCCC(=O)NN. The van der Waals surface area contributed by atoms with Crippen LogP contribution >= 0.6 is 0 Å². The Morgan fingerprint density at radius 1 is 1.41 bits per heavy atom. The highest BCUT2D eigenvalue weighted by atomic mass is 16.2. The number of rotatable bonds is 6. The predicted octanol–water partition coefficient (Wildman–Crippen LogP) is -0.643. The number of likely N-dealkylation sites (N-methyl/N-ethyl adjacent to an activating group) is 1. The molecule has 1 atom stereocenters. The van der Waals surface area contributed by atoms with Gasteiger partial charge in [-0.05, 0) is 38.8 Å². The summed E-state index contributed by atoms with van der Waals surface area (Å²) in [7, 11) is 1.67. The summed E-state index contributed by atoms with van der Waals surface area (Å²) >= 11 is 0. The van der Waals surface area contributed by atoms with Crippen LogP contribution in [0.4, 0.5) is 0 Å². The molecule has 0 saturated carbocycles. The molecule has 0 spiro atoms. The van der Waals surface area contributed by atoms with E-state index in [0.29, 0.717) is 6.42 Å². The fourth-order valence-corrected chi connectivity index (χ4v) is 2.23. The third kappa shape index (κ3) is 4.32. The summed E-state index contributed by atoms with van der Waals surface area (Å²) in [6.45, 7) is 1.84. The van der Waals surface area contributed by atoms with E-state index in [1.807, 2.05) is 0 Å². The van der Waals surface area contributed by atoms with E-state index >= 15 is 0 Å². The smallest absolute Gasteiger partial charge is 0.237 e. The first-order chi connectivity index (χ1) is 8.19. The van der Waals surface area contributed by atoms with Gasteiger partial charge in [-0.15, -0.1) is 0 Å². The van der Waals surface area contributed by atoms with Crippen molar-refractivity contribution in [1.29, 1.82) is 0 Å². The lowest BCUT2D eigenvalue weighted by Gasteiger charge is -2.22. The Kier molecular flexibility index (Phi) is 5.93. The molecule has 1 saturated heterocycles. The molecule has 1 aliphatic heterocycles. The zero-order valence-corrected chi connectivity index (χ0v) is 10.4. The second-order valence-corrected chi connectivity index (χ2v) is 4.33. The van der Waals surface area contributed by atoms with E-state index in [9.17, 15) is 9.59 Å². The van der Waals surface area contributed by atoms with Gasteiger partial charge in [0.15, 0.2) is 0 Å². The fraction of sp³-hybridized carbons (Fsp3) is 0.818. The van der Waals surface area contributed by atoms with Crippen LogP contribution < -0.4 is 16.6 Å². The zero-order chi connectivity index (χ0) is 12.7. The van der Waals surface area contributed by atoms with Gasteiger partial charge in [-0.25, -0.2) is 5.84 Å². The minimum absolute atomic E-state index is 0.0170. The van der Waals surface area contributed by atoms with Gasteiger partial charge >= 0.3 is 0 Å². The number of nitrogens with one attached hydrogen (secondary N) is 2. The van der Waals surface area contributed by atoms with Gasteiger partial charge in [-0.3, -0.25) is 19.9 Å². The summed E-state index contributed by atoms with van der Waals surface area (Å²) < 4.78 is 0. The first kappa shape index (κ1) is 13.9. The van der Waals surface area contributed by atoms with Crippen LogP contribution in [-0.4, -0.2) is 42.9 Å². The van der Waals surface area contributed by atoms with Crippen molar-refractivity contribution in [2.75, 3.05) is 20.1 Å². The molecule has 1 fully saturated rings. The standard InChI is InChI=1S/C11H22N4O2/c1-13-11(17)9-5-4-8-15(9)7-3-2-6-10(16)14-12/h9H,2-8,12H2,1H3,(H,13,17)(H,14,16). The molecule has 1 unspecified atom stereocenters. The van der Waals surface area contributed by atoms with Crippen LogP contribution in [0.1, 0.15) is 32.1 Å². The van der Waals surface area contributed by atoms with Crippen LogP contribution in [-0.2, 0) is 9.59 Å². The van der Waals surface area contributed by atoms with Crippen LogP contribution in [0.15, 0.2) is 0 Å². The second kappa shape index (κ2) is 7.24. The van der Waals surface area contributed by atoms with E-state index in [0.717, 1.165) is 38.8 Å². The summed E-state index contributed by atoms with van der Waals surface area (Å²) in [4.78, 5) is 24.7. The van der Waals surface area contributed by atoms with Crippen molar-refractivity contribution >= 4 is 11.8 Å². The molecular formula is C11H22N4O2. The quantitative estimate of drug-likeness (QED) is 0.250. The van der Waals surface area contributed by atoms with Gasteiger partial charge in [-0.1, -0.05) is 0 Å². The molecule has 2 amide bonds. The normalized spacial score (nSPS) is 20.2. The minimum Gasteiger partial charge on any atom is -0.358 e. The molecule has 0 aromatic rings. The lowest BCUT2D eigenvalue weighted by molar-refractivity contribution is -0.125. The first-order valence-corrected chi connectivity index (χ1v) is 6.14. The maximum atomic E-state index is 11.6. The molecule has 6 heteroatoms. The predicted molar refractivity (Wildman–Crippen MR) is 64.8 cm³/mol. The molecule has 1 aliphatic rings. The number of nitrogens with zero attached hydrogens (tertiary/aromatic N) is 1. The Bertz CT molecular complexity index is 270. The molecule has 0 aromatic carbocycles. The van der Waals surface area contributed by atoms with Gasteiger partial charge in [0.2, 0.25) is 11.8 Å². The second-order valence-electron chi connectivity index (χ2n) is 4.33. The largest absolute Gasteiger partial charge is 0.358 e. The maximum absolute atomic E-state index is 11.6. The molecule has 4 N–H and O–H groups in total. The number of unbranched alkanes of at least 4 members (excludes halogenated alkanes) is 1. The van der Waals surface area contributed by atoms with Crippen molar-refractivity contribution in [1.82, 2.24) is 15.6 Å². The Morgan fingerprint density at radius 3 is 2.82 bits per heavy atom. The van der Waals surface area contributed by atoms with Crippen LogP contribution in [0.3, 0.4) is 0 Å². The third-order valence-electron chi connectivity index (χ3n) is 3.17. The average Bonchev–Trinajstić information content (AvgIpc) is 2.81. The number of hydrogen-bond donors (Lipinski definition) is 3. The Balaban J connectivity index is 2.22. The van der Waals surface area contributed by atoms with Crippen molar-refractivity contribution < 1.29 is 9.59 Å². The summed E-state index contributed by atoms with van der Waals surface area (Å²) in [6, 6.07) is 0.0170. The third-order valence-corrected chi connectivity index (χ3v) is 3.17. The Morgan fingerprint density at radius 2 is 2.18 bits per heavy atom. The molecule has 0 bridgehead atoms. The maximum Gasteiger partial charge on any atom is 0.237 e. The lowest BCUT2D eigenvalue weighted by Crippen LogP contribution is -2.42. The number of amides is 2. The molecular weight excluding hydrogens is 220 g/mol. The number of likely N-dealkylation sites (tertiary alicyclic amines) is 1. The van der Waals surface area contributed by atoms with E-state index in [4.69, 9.17) is 5.84 Å². The number of hydrazine groups is 1. The molecule has 0 radical (unpaired) electrons. The molecule has 98 valence electrons.